The lowest BCUT2D eigenvalue weighted by molar-refractivity contribution is -0.124. The van der Waals surface area contributed by atoms with Crippen LogP contribution in [0, 0.1) is 0 Å². The molecule has 0 bridgehead atoms. The summed E-state index contributed by atoms with van der Waals surface area (Å²) in [4.78, 5) is 24.3. The van der Waals surface area contributed by atoms with Crippen molar-refractivity contribution >= 4 is 39.9 Å². The van der Waals surface area contributed by atoms with Gasteiger partial charge in [0.1, 0.15) is 5.75 Å². The van der Waals surface area contributed by atoms with Crippen LogP contribution in [0.3, 0.4) is 0 Å². The molecule has 0 heterocycles. The second kappa shape index (κ2) is 10.5. The van der Waals surface area contributed by atoms with Gasteiger partial charge in [-0.15, -0.1) is 0 Å². The van der Waals surface area contributed by atoms with Gasteiger partial charge in [-0.25, -0.2) is 0 Å². The molecule has 0 saturated carbocycles. The Balaban J connectivity index is 1.42. The molecule has 0 aliphatic rings. The molecule has 0 unspecified atom stereocenters. The summed E-state index contributed by atoms with van der Waals surface area (Å²) in [6, 6.07) is 21.3. The Labute approximate surface area is 187 Å². The van der Waals surface area contributed by atoms with Crippen molar-refractivity contribution in [2.45, 2.75) is 26.2 Å². The molecule has 0 aromatic heterocycles. The number of rotatable bonds is 6. The molecule has 0 aliphatic heterocycles. The van der Waals surface area contributed by atoms with Crippen LogP contribution in [-0.2, 0) is 16.0 Å². The molecule has 160 valence electrons. The summed E-state index contributed by atoms with van der Waals surface area (Å²) >= 11 is 5.08. The van der Waals surface area contributed by atoms with E-state index in [4.69, 9.17) is 17.0 Å². The summed E-state index contributed by atoms with van der Waals surface area (Å²) in [7, 11) is 0. The number of benzene rings is 3. The quantitative estimate of drug-likeness (QED) is 0.407. The van der Waals surface area contributed by atoms with Gasteiger partial charge in [-0.1, -0.05) is 68.4 Å². The van der Waals surface area contributed by atoms with Gasteiger partial charge in [-0.3, -0.25) is 20.4 Å². The molecular formula is C24H25N3O3S. The Morgan fingerprint density at radius 1 is 0.903 bits per heavy atom. The second-order valence-electron chi connectivity index (χ2n) is 7.38. The van der Waals surface area contributed by atoms with Crippen molar-refractivity contribution in [3.8, 4) is 5.75 Å². The SMILES string of the molecule is CC(C)c1ccc(OCC(=O)NNC(=S)NC(=O)Cc2cccc3ccccc23)cc1. The predicted molar refractivity (Wildman–Crippen MR) is 126 cm³/mol. The van der Waals surface area contributed by atoms with Crippen molar-refractivity contribution in [3.63, 3.8) is 0 Å². The Hall–Kier alpha value is -3.45. The van der Waals surface area contributed by atoms with E-state index in [1.54, 1.807) is 0 Å². The van der Waals surface area contributed by atoms with Gasteiger partial charge in [0, 0.05) is 0 Å². The fourth-order valence-electron chi connectivity index (χ4n) is 3.08. The maximum absolute atomic E-state index is 12.3. The summed E-state index contributed by atoms with van der Waals surface area (Å²) in [5, 5.41) is 4.67. The zero-order valence-electron chi connectivity index (χ0n) is 17.5. The first kappa shape index (κ1) is 22.2. The molecule has 7 heteroatoms. The normalized spacial score (nSPS) is 10.5. The molecule has 3 rings (SSSR count). The highest BCUT2D eigenvalue weighted by Gasteiger charge is 2.10. The zero-order chi connectivity index (χ0) is 22.2. The number of hydrazine groups is 1. The van der Waals surface area contributed by atoms with Crippen LogP contribution in [0.2, 0.25) is 0 Å². The third-order valence-electron chi connectivity index (χ3n) is 4.72. The molecular weight excluding hydrogens is 410 g/mol. The highest BCUT2D eigenvalue weighted by atomic mass is 32.1. The van der Waals surface area contributed by atoms with Crippen molar-refractivity contribution in [1.29, 1.82) is 0 Å². The number of carbonyl (C=O) groups is 2. The van der Waals surface area contributed by atoms with Crippen LogP contribution in [-0.4, -0.2) is 23.5 Å². The maximum Gasteiger partial charge on any atom is 0.276 e. The van der Waals surface area contributed by atoms with Gasteiger partial charge in [0.2, 0.25) is 5.91 Å². The van der Waals surface area contributed by atoms with Gasteiger partial charge in [0.15, 0.2) is 11.7 Å². The lowest BCUT2D eigenvalue weighted by Crippen LogP contribution is -2.49. The topological polar surface area (TPSA) is 79.5 Å². The Morgan fingerprint density at radius 3 is 2.35 bits per heavy atom. The Morgan fingerprint density at radius 2 is 1.61 bits per heavy atom. The molecule has 0 fully saturated rings. The third-order valence-corrected chi connectivity index (χ3v) is 4.92. The van der Waals surface area contributed by atoms with E-state index in [1.165, 1.54) is 5.56 Å². The van der Waals surface area contributed by atoms with E-state index in [2.05, 4.69) is 30.0 Å². The summed E-state index contributed by atoms with van der Waals surface area (Å²) < 4.78 is 5.45. The summed E-state index contributed by atoms with van der Waals surface area (Å²) in [5.41, 5.74) is 7.03. The monoisotopic (exact) mass is 435 g/mol. The lowest BCUT2D eigenvalue weighted by Gasteiger charge is -2.12. The molecule has 3 N–H and O–H groups in total. The lowest BCUT2D eigenvalue weighted by atomic mass is 10.0. The molecule has 0 atom stereocenters. The van der Waals surface area contributed by atoms with Crippen molar-refractivity contribution in [1.82, 2.24) is 16.2 Å². The minimum atomic E-state index is -0.418. The van der Waals surface area contributed by atoms with Gasteiger partial charge in [-0.2, -0.15) is 0 Å². The van der Waals surface area contributed by atoms with Crippen LogP contribution in [0.5, 0.6) is 5.75 Å². The molecule has 3 aromatic carbocycles. The third kappa shape index (κ3) is 6.52. The van der Waals surface area contributed by atoms with Gasteiger partial charge < -0.3 is 10.1 Å². The van der Waals surface area contributed by atoms with E-state index in [0.29, 0.717) is 11.7 Å². The molecule has 0 spiro atoms. The van der Waals surface area contributed by atoms with Gasteiger partial charge >= 0.3 is 0 Å². The van der Waals surface area contributed by atoms with E-state index >= 15 is 0 Å². The summed E-state index contributed by atoms with van der Waals surface area (Å²) in [6.07, 6.45) is 0.173. The van der Waals surface area contributed by atoms with Crippen LogP contribution in [0.4, 0.5) is 0 Å². The first-order valence-corrected chi connectivity index (χ1v) is 10.4. The maximum atomic E-state index is 12.3. The number of carbonyl (C=O) groups excluding carboxylic acids is 2. The standard InChI is InChI=1S/C24H25N3O3S/c1-16(2)17-10-12-20(13-11-17)30-15-23(29)26-27-24(31)25-22(28)14-19-8-5-7-18-6-3-4-9-21(18)19/h3-13,16H,14-15H2,1-2H3,(H,26,29)(H2,25,27,28,31). The Bertz CT molecular complexity index is 1080. The highest BCUT2D eigenvalue weighted by molar-refractivity contribution is 7.80. The molecule has 31 heavy (non-hydrogen) atoms. The largest absolute Gasteiger partial charge is 0.484 e. The molecule has 3 aromatic rings. The smallest absolute Gasteiger partial charge is 0.276 e. The average molecular weight is 436 g/mol. The minimum absolute atomic E-state index is 0.0138. The van der Waals surface area contributed by atoms with Crippen LogP contribution in [0.1, 0.15) is 30.9 Å². The number of nitrogens with one attached hydrogen (secondary N) is 3. The van der Waals surface area contributed by atoms with Crippen LogP contribution in [0.15, 0.2) is 66.7 Å². The highest BCUT2D eigenvalue weighted by Crippen LogP contribution is 2.19. The van der Waals surface area contributed by atoms with Crippen molar-refractivity contribution in [3.05, 3.63) is 77.9 Å². The van der Waals surface area contributed by atoms with E-state index in [0.717, 1.165) is 16.3 Å². The molecule has 0 saturated heterocycles. The molecule has 6 nitrogen and oxygen atoms in total. The van der Waals surface area contributed by atoms with E-state index < -0.39 is 5.91 Å². The first-order valence-electron chi connectivity index (χ1n) is 10.0. The Kier molecular flexibility index (Phi) is 7.56. The number of hydrogen-bond donors (Lipinski definition) is 3. The zero-order valence-corrected chi connectivity index (χ0v) is 18.3. The molecule has 2 amide bonds. The molecule has 0 radical (unpaired) electrons. The van der Waals surface area contributed by atoms with Gasteiger partial charge in [-0.05, 0) is 52.2 Å². The number of fused-ring (bicyclic) bond motifs is 1. The van der Waals surface area contributed by atoms with Crippen molar-refractivity contribution in [2.75, 3.05) is 6.61 Å². The summed E-state index contributed by atoms with van der Waals surface area (Å²) in [5.74, 6) is 0.340. The van der Waals surface area contributed by atoms with Gasteiger partial charge in [0.25, 0.3) is 5.91 Å². The fraction of sp³-hybridized carbons (Fsp3) is 0.208. The fourth-order valence-corrected chi connectivity index (χ4v) is 3.25. The van der Waals surface area contributed by atoms with Crippen LogP contribution < -0.4 is 20.9 Å². The second-order valence-corrected chi connectivity index (χ2v) is 7.79. The number of thiocarbonyl (C=S) groups is 1. The van der Waals surface area contributed by atoms with E-state index in [-0.39, 0.29) is 24.0 Å². The number of amides is 2. The summed E-state index contributed by atoms with van der Waals surface area (Å²) in [6.45, 7) is 4.04. The van der Waals surface area contributed by atoms with Crippen molar-refractivity contribution < 1.29 is 14.3 Å². The van der Waals surface area contributed by atoms with Gasteiger partial charge in [0.05, 0.1) is 6.42 Å². The number of hydrogen-bond acceptors (Lipinski definition) is 4. The first-order chi connectivity index (χ1) is 14.9. The van der Waals surface area contributed by atoms with E-state index in [1.807, 2.05) is 66.7 Å². The number of ether oxygens (including phenoxy) is 1. The predicted octanol–water partition coefficient (Wildman–Crippen LogP) is 3.61. The van der Waals surface area contributed by atoms with Crippen LogP contribution >= 0.6 is 12.2 Å². The average Bonchev–Trinajstić information content (AvgIpc) is 2.76. The van der Waals surface area contributed by atoms with Crippen molar-refractivity contribution in [2.24, 2.45) is 0 Å². The minimum Gasteiger partial charge on any atom is -0.484 e. The molecule has 0 aliphatic carbocycles. The van der Waals surface area contributed by atoms with Crippen LogP contribution in [0.25, 0.3) is 10.8 Å². The van der Waals surface area contributed by atoms with E-state index in [9.17, 15) is 9.59 Å².